The number of para-hydroxylation sites is 6. The molecule has 0 spiro atoms. The van der Waals surface area contributed by atoms with E-state index in [1.54, 1.807) is 0 Å². The molecule has 4 aliphatic heterocycles. The molecule has 5 aliphatic rings. The summed E-state index contributed by atoms with van der Waals surface area (Å²) in [5.41, 5.74) is 17.6. The second-order valence-electron chi connectivity index (χ2n) is 20.3. The van der Waals surface area contributed by atoms with Crippen molar-refractivity contribution >= 4 is 57.2 Å². The third-order valence-corrected chi connectivity index (χ3v) is 15.2. The standard InChI is InChI=1S/C56H51BN2O2/c1-53(2)31-32-54(3,4)48-38(53)33-47-49-52(48)61-51-40(24-18-30-46(51)59-43-27-15-11-21-36(43)56(7,8)37-22-12-16-28-44(37)59)57(49)39-23-17-29-45(50(39)60-47)58-41-25-13-9-19-34(41)55(5,6)35-20-10-14-26-42(35)58/h9-30,33H,31-32H2,1-8H3. The van der Waals surface area contributed by atoms with Crippen LogP contribution in [0.5, 0.6) is 23.0 Å². The Hall–Kier alpha value is -6.20. The molecule has 12 rings (SSSR count). The Bertz CT molecular complexity index is 2920. The van der Waals surface area contributed by atoms with Crippen molar-refractivity contribution in [3.05, 3.63) is 173 Å². The lowest BCUT2D eigenvalue weighted by Crippen LogP contribution is -2.58. The van der Waals surface area contributed by atoms with E-state index in [1.165, 1.54) is 56.1 Å². The SMILES string of the molecule is CC1(C)CCC(C)(C)c2c1cc1c3c2Oc2c(cccc2N2c4ccccc4C(C)(C)c4ccccc42)B3c2cccc(N3c4ccccc4C(C)(C)c4ccccc43)c2O1. The van der Waals surface area contributed by atoms with Crippen LogP contribution in [0.2, 0.25) is 0 Å². The highest BCUT2D eigenvalue weighted by Crippen LogP contribution is 2.58. The Kier molecular flexibility index (Phi) is 7.34. The highest BCUT2D eigenvalue weighted by atomic mass is 16.5. The summed E-state index contributed by atoms with van der Waals surface area (Å²) >= 11 is 0. The Morgan fingerprint density at radius 3 is 1.26 bits per heavy atom. The van der Waals surface area contributed by atoms with Crippen LogP contribution in [0.3, 0.4) is 0 Å². The molecule has 4 heterocycles. The fourth-order valence-corrected chi connectivity index (χ4v) is 11.9. The molecule has 0 saturated heterocycles. The maximum atomic E-state index is 7.66. The van der Waals surface area contributed by atoms with Crippen LogP contribution < -0.4 is 35.7 Å². The third-order valence-electron chi connectivity index (χ3n) is 15.2. The van der Waals surface area contributed by atoms with Crippen LogP contribution in [0.15, 0.2) is 140 Å². The second kappa shape index (κ2) is 12.2. The van der Waals surface area contributed by atoms with Gasteiger partial charge in [0.15, 0.2) is 0 Å². The predicted molar refractivity (Wildman–Crippen MR) is 253 cm³/mol. The quantitative estimate of drug-likeness (QED) is 0.163. The fourth-order valence-electron chi connectivity index (χ4n) is 11.9. The summed E-state index contributed by atoms with van der Waals surface area (Å²) in [7, 11) is 0. The molecule has 1 aliphatic carbocycles. The first-order valence-corrected chi connectivity index (χ1v) is 22.1. The lowest BCUT2D eigenvalue weighted by molar-refractivity contribution is 0.318. The fraction of sp³-hybridized carbons (Fsp3) is 0.250. The Morgan fingerprint density at radius 1 is 0.410 bits per heavy atom. The summed E-state index contributed by atoms with van der Waals surface area (Å²) in [6.45, 7) is 18.9. The lowest BCUT2D eigenvalue weighted by atomic mass is 9.34. The first kappa shape index (κ1) is 36.6. The first-order chi connectivity index (χ1) is 29.3. The summed E-state index contributed by atoms with van der Waals surface area (Å²) in [6.07, 6.45) is 2.17. The van der Waals surface area contributed by atoms with Crippen molar-refractivity contribution in [3.8, 4) is 23.0 Å². The molecule has 0 unspecified atom stereocenters. The molecule has 0 radical (unpaired) electrons. The van der Waals surface area contributed by atoms with E-state index >= 15 is 0 Å². The Morgan fingerprint density at radius 2 is 0.803 bits per heavy atom. The molecular weight excluding hydrogens is 743 g/mol. The minimum atomic E-state index is -0.174. The molecule has 0 bridgehead atoms. The van der Waals surface area contributed by atoms with E-state index in [-0.39, 0.29) is 28.4 Å². The Balaban J connectivity index is 1.15. The van der Waals surface area contributed by atoms with Gasteiger partial charge in [0, 0.05) is 21.9 Å². The van der Waals surface area contributed by atoms with E-state index in [0.717, 1.165) is 63.6 Å². The number of ether oxygens (including phenoxy) is 2. The first-order valence-electron chi connectivity index (χ1n) is 22.1. The number of benzene rings is 7. The van der Waals surface area contributed by atoms with Gasteiger partial charge < -0.3 is 19.3 Å². The van der Waals surface area contributed by atoms with E-state index < -0.39 is 0 Å². The van der Waals surface area contributed by atoms with Gasteiger partial charge in [0.25, 0.3) is 6.71 Å². The largest absolute Gasteiger partial charge is 0.456 e. The van der Waals surface area contributed by atoms with Gasteiger partial charge in [-0.2, -0.15) is 0 Å². The molecule has 7 aromatic carbocycles. The zero-order chi connectivity index (χ0) is 41.8. The molecule has 0 aromatic heterocycles. The minimum absolute atomic E-state index is 0.0646. The van der Waals surface area contributed by atoms with E-state index in [1.807, 2.05) is 0 Å². The van der Waals surface area contributed by atoms with E-state index in [0.29, 0.717) is 0 Å². The average Bonchev–Trinajstić information content (AvgIpc) is 3.25. The summed E-state index contributed by atoms with van der Waals surface area (Å²) < 4.78 is 15.1. The summed E-state index contributed by atoms with van der Waals surface area (Å²) in [5.74, 6) is 3.68. The number of hydrogen-bond donors (Lipinski definition) is 0. The summed E-state index contributed by atoms with van der Waals surface area (Å²) in [6, 6.07) is 51.6. The number of hydrogen-bond acceptors (Lipinski definition) is 4. The van der Waals surface area contributed by atoms with Gasteiger partial charge in [-0.25, -0.2) is 0 Å². The van der Waals surface area contributed by atoms with Gasteiger partial charge in [-0.15, -0.1) is 0 Å². The van der Waals surface area contributed by atoms with E-state index in [9.17, 15) is 0 Å². The maximum Gasteiger partial charge on any atom is 0.260 e. The van der Waals surface area contributed by atoms with Crippen molar-refractivity contribution in [2.24, 2.45) is 0 Å². The van der Waals surface area contributed by atoms with Crippen molar-refractivity contribution in [3.63, 3.8) is 0 Å². The van der Waals surface area contributed by atoms with Gasteiger partial charge in [0.05, 0.1) is 34.1 Å². The van der Waals surface area contributed by atoms with Crippen molar-refractivity contribution in [1.82, 2.24) is 0 Å². The number of rotatable bonds is 2. The van der Waals surface area contributed by atoms with Crippen molar-refractivity contribution in [1.29, 1.82) is 0 Å². The molecule has 0 saturated carbocycles. The van der Waals surface area contributed by atoms with Crippen LogP contribution >= 0.6 is 0 Å². The molecule has 5 heteroatoms. The van der Waals surface area contributed by atoms with Gasteiger partial charge in [-0.3, -0.25) is 0 Å². The smallest absolute Gasteiger partial charge is 0.260 e. The van der Waals surface area contributed by atoms with Gasteiger partial charge >= 0.3 is 0 Å². The molecule has 0 N–H and O–H groups in total. The molecule has 61 heavy (non-hydrogen) atoms. The maximum absolute atomic E-state index is 7.66. The minimum Gasteiger partial charge on any atom is -0.456 e. The van der Waals surface area contributed by atoms with Crippen LogP contribution in [0.4, 0.5) is 34.1 Å². The molecule has 7 aromatic rings. The van der Waals surface area contributed by atoms with Crippen molar-refractivity contribution in [2.75, 3.05) is 9.80 Å². The van der Waals surface area contributed by atoms with Crippen LogP contribution in [-0.2, 0) is 21.7 Å². The van der Waals surface area contributed by atoms with Crippen LogP contribution in [0, 0.1) is 0 Å². The normalized spacial score (nSPS) is 18.4. The highest BCUT2D eigenvalue weighted by Gasteiger charge is 2.50. The Labute approximate surface area is 360 Å². The molecule has 0 fully saturated rings. The van der Waals surface area contributed by atoms with Gasteiger partial charge in [-0.05, 0) is 105 Å². The zero-order valence-electron chi connectivity index (χ0n) is 36.5. The van der Waals surface area contributed by atoms with Crippen molar-refractivity contribution in [2.45, 2.75) is 89.9 Å². The van der Waals surface area contributed by atoms with E-state index in [4.69, 9.17) is 9.47 Å². The van der Waals surface area contributed by atoms with Crippen LogP contribution in [-0.4, -0.2) is 6.71 Å². The summed E-state index contributed by atoms with van der Waals surface area (Å²) in [5, 5.41) is 0. The summed E-state index contributed by atoms with van der Waals surface area (Å²) in [4.78, 5) is 4.91. The highest BCUT2D eigenvalue weighted by molar-refractivity contribution is 6.98. The second-order valence-corrected chi connectivity index (χ2v) is 20.3. The van der Waals surface area contributed by atoms with Gasteiger partial charge in [0.2, 0.25) is 0 Å². The third kappa shape index (κ3) is 4.84. The van der Waals surface area contributed by atoms with Crippen LogP contribution in [0.1, 0.15) is 102 Å². The molecule has 0 amide bonds. The lowest BCUT2D eigenvalue weighted by Gasteiger charge is -2.47. The average molecular weight is 795 g/mol. The molecular formula is C56H51BN2O2. The van der Waals surface area contributed by atoms with Gasteiger partial charge in [0.1, 0.15) is 23.0 Å². The number of nitrogens with zero attached hydrogens (tertiary/aromatic N) is 2. The van der Waals surface area contributed by atoms with E-state index in [2.05, 4.69) is 205 Å². The molecule has 4 nitrogen and oxygen atoms in total. The van der Waals surface area contributed by atoms with Gasteiger partial charge in [-0.1, -0.05) is 152 Å². The monoisotopic (exact) mass is 794 g/mol. The van der Waals surface area contributed by atoms with Crippen molar-refractivity contribution < 1.29 is 9.47 Å². The predicted octanol–water partition coefficient (Wildman–Crippen LogP) is 13.0. The topological polar surface area (TPSA) is 24.9 Å². The molecule has 300 valence electrons. The molecule has 0 atom stereocenters. The number of anilines is 6. The number of fused-ring (bicyclic) bond motifs is 10. The zero-order valence-corrected chi connectivity index (χ0v) is 36.5. The van der Waals surface area contributed by atoms with Crippen LogP contribution in [0.25, 0.3) is 0 Å².